The van der Waals surface area contributed by atoms with Gasteiger partial charge in [0.05, 0.1) is 10.7 Å². The molecule has 2 rings (SSSR count). The van der Waals surface area contributed by atoms with Gasteiger partial charge >= 0.3 is 6.01 Å². The minimum absolute atomic E-state index is 0.0960. The molecule has 2 heterocycles. The average molecular weight is 308 g/mol. The lowest BCUT2D eigenvalue weighted by atomic mass is 10.2. The standard InChI is InChI=1S/C14H20N4O2S/c1-4-6-8-11(19)16-14-18-17-13(20-14)12-10(7-5-2)15-9(3)21-12/h4-8H2,1-3H3,(H,16,18,19). The number of unbranched alkanes of at least 4 members (excludes halogenated alkanes) is 1. The van der Waals surface area contributed by atoms with Crippen LogP contribution in [0.1, 0.15) is 50.2 Å². The van der Waals surface area contributed by atoms with Gasteiger partial charge in [-0.3, -0.25) is 10.1 Å². The quantitative estimate of drug-likeness (QED) is 0.845. The monoisotopic (exact) mass is 308 g/mol. The number of aromatic nitrogens is 3. The highest BCUT2D eigenvalue weighted by Gasteiger charge is 2.17. The lowest BCUT2D eigenvalue weighted by Crippen LogP contribution is -2.11. The van der Waals surface area contributed by atoms with Crippen LogP contribution < -0.4 is 5.32 Å². The summed E-state index contributed by atoms with van der Waals surface area (Å²) in [6.07, 6.45) is 4.17. The zero-order chi connectivity index (χ0) is 15.2. The van der Waals surface area contributed by atoms with Crippen LogP contribution >= 0.6 is 11.3 Å². The van der Waals surface area contributed by atoms with Gasteiger partial charge in [-0.25, -0.2) is 4.98 Å². The van der Waals surface area contributed by atoms with E-state index in [1.165, 1.54) is 11.3 Å². The minimum Gasteiger partial charge on any atom is -0.402 e. The van der Waals surface area contributed by atoms with Gasteiger partial charge in [0.25, 0.3) is 5.89 Å². The first-order valence-electron chi connectivity index (χ1n) is 7.24. The zero-order valence-electron chi connectivity index (χ0n) is 12.6. The van der Waals surface area contributed by atoms with E-state index in [0.29, 0.717) is 12.3 Å². The molecule has 0 aliphatic heterocycles. The SMILES string of the molecule is CCCCC(=O)Nc1nnc(-c2sc(C)nc2CCC)o1. The summed E-state index contributed by atoms with van der Waals surface area (Å²) in [6, 6.07) is 0.152. The molecule has 114 valence electrons. The summed E-state index contributed by atoms with van der Waals surface area (Å²) < 4.78 is 5.54. The predicted molar refractivity (Wildman–Crippen MR) is 82.3 cm³/mol. The number of nitrogens with zero attached hydrogens (tertiary/aromatic N) is 3. The van der Waals surface area contributed by atoms with Crippen molar-refractivity contribution < 1.29 is 9.21 Å². The zero-order valence-corrected chi connectivity index (χ0v) is 13.4. The van der Waals surface area contributed by atoms with Gasteiger partial charge in [0, 0.05) is 6.42 Å². The molecular weight excluding hydrogens is 288 g/mol. The number of amides is 1. The van der Waals surface area contributed by atoms with E-state index in [9.17, 15) is 4.79 Å². The highest BCUT2D eigenvalue weighted by atomic mass is 32.1. The molecule has 0 bridgehead atoms. The molecule has 0 aliphatic rings. The summed E-state index contributed by atoms with van der Waals surface area (Å²) in [4.78, 5) is 17.0. The van der Waals surface area contributed by atoms with Crippen LogP contribution in [0.4, 0.5) is 6.01 Å². The molecule has 1 N–H and O–H groups in total. The Balaban J connectivity index is 2.11. The second kappa shape index (κ2) is 7.31. The summed E-state index contributed by atoms with van der Waals surface area (Å²) in [7, 11) is 0. The Hall–Kier alpha value is -1.76. The normalized spacial score (nSPS) is 10.8. The van der Waals surface area contributed by atoms with Crippen molar-refractivity contribution >= 4 is 23.3 Å². The lowest BCUT2D eigenvalue weighted by Gasteiger charge is -1.98. The molecule has 0 fully saturated rings. The Kier molecular flexibility index (Phi) is 5.44. The largest absolute Gasteiger partial charge is 0.402 e. The van der Waals surface area contributed by atoms with Crippen LogP contribution in [-0.4, -0.2) is 21.1 Å². The smallest absolute Gasteiger partial charge is 0.322 e. The number of rotatable bonds is 7. The van der Waals surface area contributed by atoms with Gasteiger partial charge in [0.1, 0.15) is 4.88 Å². The van der Waals surface area contributed by atoms with E-state index in [1.807, 2.05) is 13.8 Å². The Morgan fingerprint density at radius 2 is 2.10 bits per heavy atom. The number of carbonyl (C=O) groups is 1. The van der Waals surface area contributed by atoms with E-state index < -0.39 is 0 Å². The highest BCUT2D eigenvalue weighted by molar-refractivity contribution is 7.15. The van der Waals surface area contributed by atoms with Gasteiger partial charge in [-0.05, 0) is 19.8 Å². The maximum Gasteiger partial charge on any atom is 0.322 e. The van der Waals surface area contributed by atoms with E-state index in [2.05, 4.69) is 27.4 Å². The molecule has 0 aromatic carbocycles. The van der Waals surface area contributed by atoms with Crippen molar-refractivity contribution in [2.45, 2.75) is 52.9 Å². The van der Waals surface area contributed by atoms with Crippen molar-refractivity contribution in [3.63, 3.8) is 0 Å². The Labute approximate surface area is 128 Å². The third kappa shape index (κ3) is 4.10. The van der Waals surface area contributed by atoms with Gasteiger partial charge in [0.15, 0.2) is 0 Å². The fraction of sp³-hybridized carbons (Fsp3) is 0.571. The fourth-order valence-electron chi connectivity index (χ4n) is 1.93. The molecule has 21 heavy (non-hydrogen) atoms. The van der Waals surface area contributed by atoms with Crippen molar-refractivity contribution in [1.82, 2.24) is 15.2 Å². The number of thiazole rings is 1. The number of anilines is 1. The maximum atomic E-state index is 11.6. The van der Waals surface area contributed by atoms with Gasteiger partial charge < -0.3 is 4.42 Å². The van der Waals surface area contributed by atoms with Crippen LogP contribution in [0.2, 0.25) is 0 Å². The summed E-state index contributed by atoms with van der Waals surface area (Å²) in [5, 5.41) is 11.5. The topological polar surface area (TPSA) is 80.9 Å². The highest BCUT2D eigenvalue weighted by Crippen LogP contribution is 2.30. The Bertz CT molecular complexity index is 606. The third-order valence-corrected chi connectivity index (χ3v) is 3.92. The van der Waals surface area contributed by atoms with E-state index >= 15 is 0 Å². The number of hydrogen-bond donors (Lipinski definition) is 1. The van der Waals surface area contributed by atoms with E-state index in [1.54, 1.807) is 0 Å². The molecule has 0 saturated heterocycles. The number of carbonyl (C=O) groups excluding carboxylic acids is 1. The van der Waals surface area contributed by atoms with Gasteiger partial charge in [0.2, 0.25) is 5.91 Å². The first kappa shape index (κ1) is 15.6. The average Bonchev–Trinajstić information content (AvgIpc) is 3.03. The minimum atomic E-state index is -0.0960. The predicted octanol–water partition coefficient (Wildman–Crippen LogP) is 3.58. The van der Waals surface area contributed by atoms with Crippen LogP contribution in [0.15, 0.2) is 4.42 Å². The Morgan fingerprint density at radius 1 is 1.29 bits per heavy atom. The lowest BCUT2D eigenvalue weighted by molar-refractivity contribution is -0.116. The number of hydrogen-bond acceptors (Lipinski definition) is 6. The third-order valence-electron chi connectivity index (χ3n) is 2.91. The maximum absolute atomic E-state index is 11.6. The second-order valence-corrected chi connectivity index (χ2v) is 6.03. The van der Waals surface area contributed by atoms with Crippen LogP contribution in [-0.2, 0) is 11.2 Å². The number of nitrogens with one attached hydrogen (secondary N) is 1. The van der Waals surface area contributed by atoms with E-state index in [4.69, 9.17) is 4.42 Å². The van der Waals surface area contributed by atoms with Crippen LogP contribution in [0, 0.1) is 6.92 Å². The summed E-state index contributed by atoms with van der Waals surface area (Å²) in [5.74, 6) is 0.330. The molecule has 1 amide bonds. The molecule has 0 unspecified atom stereocenters. The summed E-state index contributed by atoms with van der Waals surface area (Å²) >= 11 is 1.53. The van der Waals surface area contributed by atoms with Crippen molar-refractivity contribution in [3.05, 3.63) is 10.7 Å². The second-order valence-electron chi connectivity index (χ2n) is 4.82. The molecule has 7 heteroatoms. The van der Waals surface area contributed by atoms with Crippen LogP contribution in [0.25, 0.3) is 10.8 Å². The summed E-state index contributed by atoms with van der Waals surface area (Å²) in [5.41, 5.74) is 0.979. The van der Waals surface area contributed by atoms with Gasteiger partial charge in [-0.15, -0.1) is 16.4 Å². The first-order chi connectivity index (χ1) is 10.1. The molecule has 0 radical (unpaired) electrons. The molecule has 6 nitrogen and oxygen atoms in total. The van der Waals surface area contributed by atoms with Gasteiger partial charge in [-0.1, -0.05) is 31.8 Å². The first-order valence-corrected chi connectivity index (χ1v) is 8.05. The van der Waals surface area contributed by atoms with Crippen molar-refractivity contribution in [2.24, 2.45) is 0 Å². The van der Waals surface area contributed by atoms with Crippen molar-refractivity contribution in [2.75, 3.05) is 5.32 Å². The van der Waals surface area contributed by atoms with Crippen LogP contribution in [0.5, 0.6) is 0 Å². The Morgan fingerprint density at radius 3 is 2.81 bits per heavy atom. The molecule has 0 saturated carbocycles. The summed E-state index contributed by atoms with van der Waals surface area (Å²) in [6.45, 7) is 6.10. The fourth-order valence-corrected chi connectivity index (χ4v) is 2.81. The van der Waals surface area contributed by atoms with E-state index in [-0.39, 0.29) is 11.9 Å². The van der Waals surface area contributed by atoms with E-state index in [0.717, 1.165) is 41.3 Å². The molecule has 0 spiro atoms. The molecule has 2 aromatic heterocycles. The van der Waals surface area contributed by atoms with Crippen molar-refractivity contribution in [3.8, 4) is 10.8 Å². The molecule has 0 aliphatic carbocycles. The number of aryl methyl sites for hydroxylation is 2. The van der Waals surface area contributed by atoms with Gasteiger partial charge in [-0.2, -0.15) is 0 Å². The molecule has 0 atom stereocenters. The van der Waals surface area contributed by atoms with Crippen LogP contribution in [0.3, 0.4) is 0 Å². The molecular formula is C14H20N4O2S. The molecule has 2 aromatic rings. The van der Waals surface area contributed by atoms with Crippen molar-refractivity contribution in [1.29, 1.82) is 0 Å².